The van der Waals surface area contributed by atoms with Gasteiger partial charge in [0.25, 0.3) is 0 Å². The molecule has 1 aliphatic rings. The Hall–Kier alpha value is -0.991. The summed E-state index contributed by atoms with van der Waals surface area (Å²) in [5.74, 6) is 1.71. The van der Waals surface area contributed by atoms with Crippen molar-refractivity contribution in [1.82, 2.24) is 4.98 Å². The van der Waals surface area contributed by atoms with Gasteiger partial charge in [0.15, 0.2) is 0 Å². The van der Waals surface area contributed by atoms with Gasteiger partial charge in [-0.25, -0.2) is 0 Å². The Balaban J connectivity index is 2.26. The molecule has 1 aromatic heterocycles. The third kappa shape index (κ3) is 1.22. The predicted octanol–water partition coefficient (Wildman–Crippen LogP) is 1.37. The molecule has 0 saturated heterocycles. The molecule has 0 spiro atoms. The molecule has 0 N–H and O–H groups in total. The molecule has 2 heterocycles. The van der Waals surface area contributed by atoms with E-state index in [4.69, 9.17) is 9.47 Å². The van der Waals surface area contributed by atoms with E-state index in [-0.39, 0.29) is 0 Å². The second kappa shape index (κ2) is 3.00. The number of benzene rings is 1. The van der Waals surface area contributed by atoms with Crippen molar-refractivity contribution in [3.05, 3.63) is 16.7 Å². The molecule has 0 bridgehead atoms. The Morgan fingerprint density at radius 3 is 2.71 bits per heavy atom. The summed E-state index contributed by atoms with van der Waals surface area (Å²) in [6.45, 7) is 3.36. The monoisotopic (exact) mass is 255 g/mol. The predicted molar refractivity (Wildman–Crippen MR) is 54.4 cm³/mol. The zero-order chi connectivity index (χ0) is 9.54. The van der Waals surface area contributed by atoms with E-state index in [1.807, 2.05) is 6.07 Å². The van der Waals surface area contributed by atoms with E-state index in [1.165, 1.54) is 8.83 Å². The van der Waals surface area contributed by atoms with Crippen LogP contribution in [0.4, 0.5) is 0 Å². The first-order valence-corrected chi connectivity index (χ1v) is 6.21. The Morgan fingerprint density at radius 2 is 1.93 bits per heavy atom. The number of ether oxygens (including phenoxy) is 2. The Morgan fingerprint density at radius 1 is 1.21 bits per heavy atom. The molecule has 4 heteroatoms. The quantitative estimate of drug-likeness (QED) is 0.665. The van der Waals surface area contributed by atoms with E-state index in [0.717, 1.165) is 17.0 Å². The van der Waals surface area contributed by atoms with Gasteiger partial charge < -0.3 is 0 Å². The molecule has 0 radical (unpaired) electrons. The summed E-state index contributed by atoms with van der Waals surface area (Å²) in [6, 6.07) is 4.06. The van der Waals surface area contributed by atoms with Crippen molar-refractivity contribution in [2.45, 2.75) is 6.92 Å². The van der Waals surface area contributed by atoms with Crippen LogP contribution in [0.2, 0.25) is 0 Å². The van der Waals surface area contributed by atoms with Gasteiger partial charge in [-0.1, -0.05) is 0 Å². The number of hydrogen-bond acceptors (Lipinski definition) is 3. The number of rotatable bonds is 0. The van der Waals surface area contributed by atoms with Crippen LogP contribution < -0.4 is 9.47 Å². The van der Waals surface area contributed by atoms with Crippen LogP contribution >= 0.6 is 0 Å². The Kier molecular flexibility index (Phi) is 1.79. The van der Waals surface area contributed by atoms with E-state index in [2.05, 4.69) is 18.0 Å². The number of fused-ring (bicyclic) bond motifs is 2. The minimum absolute atomic E-state index is 0.380. The van der Waals surface area contributed by atoms with Gasteiger partial charge in [0.1, 0.15) is 0 Å². The topological polar surface area (TPSA) is 31.4 Å². The summed E-state index contributed by atoms with van der Waals surface area (Å²) in [7, 11) is 0. The van der Waals surface area contributed by atoms with E-state index in [0.29, 0.717) is 27.7 Å². The third-order valence-corrected chi connectivity index (χ3v) is 4.12. The van der Waals surface area contributed by atoms with Crippen LogP contribution in [0.25, 0.3) is 9.78 Å². The molecule has 1 aliphatic heterocycles. The fraction of sp³-hybridized carbons (Fsp3) is 0.300. The first kappa shape index (κ1) is 8.33. The van der Waals surface area contributed by atoms with Gasteiger partial charge in [-0.15, -0.1) is 0 Å². The van der Waals surface area contributed by atoms with Gasteiger partial charge in [0.05, 0.1) is 0 Å². The molecule has 0 saturated carbocycles. The van der Waals surface area contributed by atoms with Crippen molar-refractivity contribution in [3.8, 4) is 11.5 Å². The maximum absolute atomic E-state index is 5.52. The van der Waals surface area contributed by atoms with Crippen LogP contribution in [-0.2, 0) is 0 Å². The molecule has 0 aliphatic carbocycles. The Bertz CT molecular complexity index is 449. The van der Waals surface area contributed by atoms with Crippen molar-refractivity contribution in [3.63, 3.8) is 0 Å². The molecular formula is C10H9NO2Se. The van der Waals surface area contributed by atoms with E-state index < -0.39 is 0 Å². The van der Waals surface area contributed by atoms with Crippen LogP contribution in [0.15, 0.2) is 12.1 Å². The maximum atomic E-state index is 5.52. The van der Waals surface area contributed by atoms with Crippen molar-refractivity contribution in [2.24, 2.45) is 0 Å². The molecule has 0 fully saturated rings. The molecule has 14 heavy (non-hydrogen) atoms. The molecule has 3 nitrogen and oxygen atoms in total. The summed E-state index contributed by atoms with van der Waals surface area (Å²) in [5.41, 5.74) is 1.06. The zero-order valence-electron chi connectivity index (χ0n) is 7.74. The molecule has 1 aromatic carbocycles. The molecule has 72 valence electrons. The summed E-state index contributed by atoms with van der Waals surface area (Å²) in [5, 5.41) is 0. The van der Waals surface area contributed by atoms with Gasteiger partial charge in [-0.3, -0.25) is 0 Å². The van der Waals surface area contributed by atoms with Crippen molar-refractivity contribution < 1.29 is 9.47 Å². The van der Waals surface area contributed by atoms with Crippen LogP contribution in [0, 0.1) is 6.92 Å². The molecule has 0 unspecified atom stereocenters. The van der Waals surface area contributed by atoms with Gasteiger partial charge in [-0.05, 0) is 0 Å². The van der Waals surface area contributed by atoms with Crippen molar-refractivity contribution in [2.75, 3.05) is 13.2 Å². The third-order valence-electron chi connectivity index (χ3n) is 2.16. The van der Waals surface area contributed by atoms with Crippen molar-refractivity contribution >= 4 is 24.3 Å². The van der Waals surface area contributed by atoms with Gasteiger partial charge >= 0.3 is 87.1 Å². The first-order chi connectivity index (χ1) is 6.83. The number of hydrogen-bond donors (Lipinski definition) is 0. The standard InChI is InChI=1S/C10H9NO2Se/c1-6-11-7-4-8-9(5-10(7)14-6)13-3-2-12-8/h4-5H,2-3H2,1H3. The second-order valence-electron chi connectivity index (χ2n) is 3.20. The SMILES string of the molecule is Cc1nc2cc3c(cc2[se]1)OCCO3. The fourth-order valence-electron chi connectivity index (χ4n) is 1.58. The summed E-state index contributed by atoms with van der Waals surface area (Å²) in [4.78, 5) is 4.47. The minimum atomic E-state index is 0.380. The van der Waals surface area contributed by atoms with Crippen molar-refractivity contribution in [1.29, 1.82) is 0 Å². The molecular weight excluding hydrogens is 245 g/mol. The fourth-order valence-corrected chi connectivity index (χ4v) is 3.34. The number of aromatic nitrogens is 1. The number of nitrogens with zero attached hydrogens (tertiary/aromatic N) is 1. The van der Waals surface area contributed by atoms with E-state index in [1.54, 1.807) is 0 Å². The van der Waals surface area contributed by atoms with Crippen LogP contribution in [0.3, 0.4) is 0 Å². The summed E-state index contributed by atoms with van der Waals surface area (Å²) >= 11 is 0.380. The van der Waals surface area contributed by atoms with Crippen LogP contribution in [0.1, 0.15) is 4.57 Å². The van der Waals surface area contributed by atoms with Gasteiger partial charge in [0.2, 0.25) is 0 Å². The molecule has 0 amide bonds. The normalized spacial score (nSPS) is 14.6. The number of aryl methyl sites for hydroxylation is 1. The second-order valence-corrected chi connectivity index (χ2v) is 5.79. The average Bonchev–Trinajstić information content (AvgIpc) is 2.53. The van der Waals surface area contributed by atoms with Gasteiger partial charge in [-0.2, -0.15) is 0 Å². The first-order valence-electron chi connectivity index (χ1n) is 4.50. The Labute approximate surface area is 87.4 Å². The zero-order valence-corrected chi connectivity index (χ0v) is 9.45. The van der Waals surface area contributed by atoms with Gasteiger partial charge in [0, 0.05) is 0 Å². The molecule has 0 atom stereocenters. The summed E-state index contributed by atoms with van der Waals surface area (Å²) < 4.78 is 13.5. The van der Waals surface area contributed by atoms with Crippen LogP contribution in [-0.4, -0.2) is 32.7 Å². The summed E-state index contributed by atoms with van der Waals surface area (Å²) in [6.07, 6.45) is 0. The van der Waals surface area contributed by atoms with E-state index in [9.17, 15) is 0 Å². The average molecular weight is 254 g/mol. The molecule has 3 rings (SSSR count). The van der Waals surface area contributed by atoms with E-state index >= 15 is 0 Å². The van der Waals surface area contributed by atoms with Crippen LogP contribution in [0.5, 0.6) is 11.5 Å². The molecule has 2 aromatic rings.